The van der Waals surface area contributed by atoms with E-state index in [1.807, 2.05) is 0 Å². The van der Waals surface area contributed by atoms with E-state index < -0.39 is 47.5 Å². The van der Waals surface area contributed by atoms with Crippen molar-refractivity contribution in [3.63, 3.8) is 0 Å². The highest BCUT2D eigenvalue weighted by Crippen LogP contribution is 2.28. The first-order valence-electron chi connectivity index (χ1n) is 12.9. The Balaban J connectivity index is 1.41. The van der Waals surface area contributed by atoms with Crippen LogP contribution in [0.25, 0.3) is 11.3 Å². The van der Waals surface area contributed by atoms with Crippen LogP contribution in [0.1, 0.15) is 47.0 Å². The predicted octanol–water partition coefficient (Wildman–Crippen LogP) is 6.10. The lowest BCUT2D eigenvalue weighted by Gasteiger charge is -2.27. The zero-order valence-corrected chi connectivity index (χ0v) is 23.1. The van der Waals surface area contributed by atoms with Gasteiger partial charge in [0.25, 0.3) is 5.91 Å². The van der Waals surface area contributed by atoms with Gasteiger partial charge in [0.2, 0.25) is 0 Å². The zero-order valence-electron chi connectivity index (χ0n) is 23.1. The van der Waals surface area contributed by atoms with Gasteiger partial charge in [0.05, 0.1) is 6.54 Å². The molecule has 0 saturated heterocycles. The summed E-state index contributed by atoms with van der Waals surface area (Å²) >= 11 is 0. The number of rotatable bonds is 10. The molecule has 2 amide bonds. The Kier molecular flexibility index (Phi) is 9.21. The van der Waals surface area contributed by atoms with Crippen molar-refractivity contribution < 1.29 is 51.0 Å². The minimum atomic E-state index is -4.92. The number of aromatic nitrogens is 1. The molecule has 1 aromatic heterocycles. The van der Waals surface area contributed by atoms with Crippen LogP contribution >= 0.6 is 0 Å². The lowest BCUT2D eigenvalue weighted by Crippen LogP contribution is -2.49. The summed E-state index contributed by atoms with van der Waals surface area (Å²) in [7, 11) is 0. The number of nitrogens with zero attached hydrogens (tertiary/aromatic N) is 1. The van der Waals surface area contributed by atoms with Crippen LogP contribution in [0.2, 0.25) is 0 Å². The number of alkyl carbamates (subject to hydrolysis) is 1. The van der Waals surface area contributed by atoms with E-state index >= 15 is 0 Å². The van der Waals surface area contributed by atoms with Crippen molar-refractivity contribution in [1.82, 2.24) is 15.8 Å². The van der Waals surface area contributed by atoms with Gasteiger partial charge in [0.15, 0.2) is 5.54 Å². The number of hydrogen-bond donors (Lipinski definition) is 3. The first-order valence-corrected chi connectivity index (χ1v) is 12.9. The van der Waals surface area contributed by atoms with E-state index in [2.05, 4.69) is 20.5 Å². The van der Waals surface area contributed by atoms with Crippen LogP contribution < -0.4 is 15.4 Å². The monoisotopic (exact) mass is 615 g/mol. The molecule has 3 N–H and O–H groups in total. The van der Waals surface area contributed by atoms with E-state index in [4.69, 9.17) is 9.26 Å². The normalized spacial score (nSPS) is 13.3. The fourth-order valence-corrected chi connectivity index (χ4v) is 4.18. The van der Waals surface area contributed by atoms with Crippen molar-refractivity contribution in [2.45, 2.75) is 38.4 Å². The van der Waals surface area contributed by atoms with Gasteiger partial charge in [-0.05, 0) is 49.7 Å². The molecule has 0 aliphatic carbocycles. The number of carboxylic acids is 1. The molecule has 0 fully saturated rings. The Bertz CT molecular complexity index is 1640. The Morgan fingerprint density at radius 1 is 1.00 bits per heavy atom. The number of carbonyl (C=O) groups excluding carboxylic acids is 2. The fourth-order valence-electron chi connectivity index (χ4n) is 4.18. The molecule has 0 spiro atoms. The van der Waals surface area contributed by atoms with Crippen molar-refractivity contribution in [2.24, 2.45) is 0 Å². The molecule has 0 aliphatic rings. The molecule has 44 heavy (non-hydrogen) atoms. The molecule has 1 heterocycles. The van der Waals surface area contributed by atoms with Gasteiger partial charge in [-0.2, -0.15) is 0 Å². The number of alkyl halides is 3. The van der Waals surface area contributed by atoms with E-state index in [1.54, 1.807) is 6.07 Å². The molecule has 0 aliphatic heterocycles. The molecule has 2 atom stereocenters. The molecule has 230 valence electrons. The number of ether oxygens (including phenoxy) is 2. The number of nitrogens with one attached hydrogen (secondary N) is 2. The number of hydrogen-bond acceptors (Lipinski definition) is 7. The predicted molar refractivity (Wildman–Crippen MR) is 146 cm³/mol. The van der Waals surface area contributed by atoms with Crippen LogP contribution in [0, 0.1) is 5.82 Å². The van der Waals surface area contributed by atoms with Gasteiger partial charge in [-0.15, -0.1) is 13.2 Å². The van der Waals surface area contributed by atoms with Crippen molar-refractivity contribution in [1.29, 1.82) is 0 Å². The molecule has 3 aromatic carbocycles. The molecule has 2 unspecified atom stereocenters. The molecule has 4 rings (SSSR count). The summed E-state index contributed by atoms with van der Waals surface area (Å²) in [6.45, 7) is 2.68. The zero-order chi connectivity index (χ0) is 32.1. The van der Waals surface area contributed by atoms with Crippen molar-refractivity contribution in [3.05, 3.63) is 107 Å². The smallest absolute Gasteiger partial charge is 0.479 e. The lowest BCUT2D eigenvalue weighted by molar-refractivity contribution is -0.274. The van der Waals surface area contributed by atoms with Crippen LogP contribution in [0.15, 0.2) is 83.6 Å². The summed E-state index contributed by atoms with van der Waals surface area (Å²) in [5, 5.41) is 18.7. The van der Waals surface area contributed by atoms with Gasteiger partial charge in [-0.1, -0.05) is 47.6 Å². The summed E-state index contributed by atoms with van der Waals surface area (Å²) in [5.74, 6) is -3.28. The Morgan fingerprint density at radius 3 is 2.27 bits per heavy atom. The van der Waals surface area contributed by atoms with Crippen LogP contribution in [0.3, 0.4) is 0 Å². The first-order chi connectivity index (χ1) is 20.8. The average Bonchev–Trinajstić information content (AvgIpc) is 3.44. The molecule has 10 nitrogen and oxygen atoms in total. The number of amides is 2. The maximum atomic E-state index is 14.0. The summed E-state index contributed by atoms with van der Waals surface area (Å²) < 4.78 is 65.4. The summed E-state index contributed by atoms with van der Waals surface area (Å²) in [6, 6.07) is 15.9. The second-order valence-electron chi connectivity index (χ2n) is 9.64. The summed E-state index contributed by atoms with van der Waals surface area (Å²) in [6.07, 6.45) is -5.26. The maximum Gasteiger partial charge on any atom is 0.573 e. The molecule has 4 aromatic rings. The summed E-state index contributed by atoms with van der Waals surface area (Å²) in [5.41, 5.74) is -0.380. The second-order valence-corrected chi connectivity index (χ2v) is 9.64. The largest absolute Gasteiger partial charge is 0.573 e. The van der Waals surface area contributed by atoms with Crippen LogP contribution in [0.4, 0.5) is 22.4 Å². The molecule has 0 saturated carbocycles. The number of halogens is 4. The topological polar surface area (TPSA) is 140 Å². The highest BCUT2D eigenvalue weighted by molar-refractivity contribution is 5.98. The van der Waals surface area contributed by atoms with E-state index in [9.17, 15) is 37.1 Å². The van der Waals surface area contributed by atoms with Gasteiger partial charge in [-0.3, -0.25) is 4.79 Å². The molecule has 0 radical (unpaired) electrons. The summed E-state index contributed by atoms with van der Waals surface area (Å²) in [4.78, 5) is 37.4. The first kappa shape index (κ1) is 31.5. The minimum Gasteiger partial charge on any atom is -0.479 e. The lowest BCUT2D eigenvalue weighted by atomic mass is 9.91. The SMILES string of the molecule is CC(OC(=O)NCc1conc1-c1ccc(C(=O)NC(C)(C(=O)O)c2ccc(OC(F)(F)F)cc2)cc1)c1ccccc1F. The third-order valence-electron chi connectivity index (χ3n) is 6.57. The van der Waals surface area contributed by atoms with Crippen molar-refractivity contribution in [3.8, 4) is 17.0 Å². The van der Waals surface area contributed by atoms with Gasteiger partial charge in [-0.25, -0.2) is 14.0 Å². The van der Waals surface area contributed by atoms with E-state index in [0.29, 0.717) is 16.8 Å². The number of carboxylic acid groups (broad SMARTS) is 1. The third-order valence-corrected chi connectivity index (χ3v) is 6.57. The quantitative estimate of drug-likeness (QED) is 0.182. The Morgan fingerprint density at radius 2 is 1.66 bits per heavy atom. The van der Waals surface area contributed by atoms with E-state index in [1.165, 1.54) is 62.6 Å². The Labute approximate surface area is 247 Å². The number of benzene rings is 3. The fraction of sp³-hybridized carbons (Fsp3) is 0.200. The van der Waals surface area contributed by atoms with Gasteiger partial charge < -0.3 is 29.7 Å². The van der Waals surface area contributed by atoms with Gasteiger partial charge in [0, 0.05) is 22.3 Å². The Hall–Kier alpha value is -5.40. The third kappa shape index (κ3) is 7.51. The highest BCUT2D eigenvalue weighted by atomic mass is 19.4. The molecule has 0 bridgehead atoms. The second kappa shape index (κ2) is 12.9. The van der Waals surface area contributed by atoms with E-state index in [-0.39, 0.29) is 23.2 Å². The van der Waals surface area contributed by atoms with Crippen molar-refractivity contribution >= 4 is 18.0 Å². The number of carbonyl (C=O) groups is 3. The minimum absolute atomic E-state index is 0.00561. The van der Waals surface area contributed by atoms with Crippen LogP contribution in [0.5, 0.6) is 5.75 Å². The molecule has 14 heteroatoms. The molecular formula is C30H25F4N3O7. The van der Waals surface area contributed by atoms with Gasteiger partial charge in [0.1, 0.15) is 29.6 Å². The standard InChI is InChI=1S/C30H25F4N3O7/c1-17(23-5-3-4-6-24(23)31)43-28(41)35-15-20-16-42-37-25(20)18-7-9-19(10-8-18)26(38)36-29(2,27(39)40)21-11-13-22(14-12-21)44-30(32,33)34/h3-14,16-17H,15H2,1-2H3,(H,35,41)(H,36,38)(H,39,40). The highest BCUT2D eigenvalue weighted by Gasteiger charge is 2.38. The van der Waals surface area contributed by atoms with Gasteiger partial charge >= 0.3 is 18.4 Å². The number of aliphatic carboxylic acids is 1. The van der Waals surface area contributed by atoms with Crippen LogP contribution in [-0.2, 0) is 21.6 Å². The molecular weight excluding hydrogens is 590 g/mol. The van der Waals surface area contributed by atoms with Crippen molar-refractivity contribution in [2.75, 3.05) is 0 Å². The maximum absolute atomic E-state index is 14.0. The van der Waals surface area contributed by atoms with Crippen LogP contribution in [-0.4, -0.2) is 34.6 Å². The van der Waals surface area contributed by atoms with E-state index in [0.717, 1.165) is 24.3 Å². The average molecular weight is 616 g/mol.